The molecular formula is C101H126F6N10O10S4. The van der Waals surface area contributed by atoms with E-state index in [0.29, 0.717) is 115 Å². The van der Waals surface area contributed by atoms with Crippen molar-refractivity contribution in [3.63, 3.8) is 0 Å². The summed E-state index contributed by atoms with van der Waals surface area (Å²) in [6, 6.07) is 44.6. The number of fused-ring (bicyclic) bond motifs is 4. The molecule has 1 saturated heterocycles. The number of alkyl carbamates (subject to hydrolysis) is 2. The maximum absolute atomic E-state index is 14.8. The summed E-state index contributed by atoms with van der Waals surface area (Å²) in [4.78, 5) is 62.0. The fourth-order valence-electron chi connectivity index (χ4n) is 22.4. The van der Waals surface area contributed by atoms with Gasteiger partial charge in [-0.3, -0.25) is 40.5 Å². The smallest absolute Gasteiger partial charge is 0.413 e. The minimum absolute atomic E-state index is 0.0230. The molecule has 17 rings (SSSR count). The predicted octanol–water partition coefficient (Wildman–Crippen LogP) is 21.4. The zero-order valence-electron chi connectivity index (χ0n) is 76.7. The highest BCUT2D eigenvalue weighted by atomic mass is 32.2. The first kappa shape index (κ1) is 101. The molecule has 4 heterocycles. The van der Waals surface area contributed by atoms with Gasteiger partial charge in [-0.2, -0.15) is 0 Å². The highest BCUT2D eigenvalue weighted by Crippen LogP contribution is 2.59. The Bertz CT molecular complexity index is 5340. The quantitative estimate of drug-likeness (QED) is 0.0185. The third-order valence-electron chi connectivity index (χ3n) is 27.4. The van der Waals surface area contributed by atoms with Gasteiger partial charge in [-0.1, -0.05) is 180 Å². The molecule has 4 aliphatic heterocycles. The molecule has 0 bridgehead atoms. The Balaban J connectivity index is 0.000000144. The number of anilines is 1. The molecule has 706 valence electrons. The molecule has 7 fully saturated rings. The van der Waals surface area contributed by atoms with Gasteiger partial charge in [-0.25, -0.2) is 35.9 Å². The van der Waals surface area contributed by atoms with Crippen LogP contribution >= 0.6 is 47.5 Å². The van der Waals surface area contributed by atoms with E-state index in [1.54, 1.807) is 138 Å². The van der Waals surface area contributed by atoms with Crippen molar-refractivity contribution in [3.8, 4) is 0 Å². The number of carbonyl (C=O) groups is 3. The third-order valence-corrected chi connectivity index (χ3v) is 30.7. The molecule has 20 nitrogen and oxygen atoms in total. The van der Waals surface area contributed by atoms with E-state index >= 15 is 0 Å². The Hall–Kier alpha value is -8.88. The van der Waals surface area contributed by atoms with Crippen LogP contribution in [0, 0.1) is 116 Å². The lowest BCUT2D eigenvalue weighted by atomic mass is 9.69. The number of amides is 3. The average Bonchev–Trinajstić information content (AvgIpc) is 1.63. The van der Waals surface area contributed by atoms with Crippen LogP contribution in [0.15, 0.2) is 179 Å². The van der Waals surface area contributed by atoms with E-state index in [-0.39, 0.29) is 94.5 Å². The third kappa shape index (κ3) is 23.4. The van der Waals surface area contributed by atoms with Gasteiger partial charge >= 0.3 is 12.2 Å². The average molecular weight is 1880 g/mol. The van der Waals surface area contributed by atoms with Gasteiger partial charge in [0.05, 0.1) is 39.7 Å². The molecule has 7 aromatic carbocycles. The summed E-state index contributed by atoms with van der Waals surface area (Å²) < 4.78 is 102. The number of amidine groups is 3. The van der Waals surface area contributed by atoms with Gasteiger partial charge in [0.1, 0.15) is 46.1 Å². The van der Waals surface area contributed by atoms with E-state index < -0.39 is 61.7 Å². The number of nitrogen functional groups attached to an aromatic ring is 1. The summed E-state index contributed by atoms with van der Waals surface area (Å²) in [5.41, 5.74) is 17.9. The van der Waals surface area contributed by atoms with E-state index in [4.69, 9.17) is 53.6 Å². The number of non-ortho nitro benzene ring substituents is 1. The molecule has 3 amide bonds. The number of aliphatic hydroxyl groups excluding tert-OH is 2. The first-order valence-corrected chi connectivity index (χ1v) is 48.7. The van der Waals surface area contributed by atoms with Crippen molar-refractivity contribution in [1.29, 1.82) is 0 Å². The topological polar surface area (TPSA) is 314 Å². The fourth-order valence-corrected chi connectivity index (χ4v) is 26.0. The first-order valence-electron chi connectivity index (χ1n) is 45.4. The van der Waals surface area contributed by atoms with Crippen LogP contribution in [0.2, 0.25) is 0 Å². The SMILES string of the molecule is C[C@@H]1C[C@H]2CSC(NC(=O)OC(C)(C)C)=N[C@@]2(c2cc([N+](=O)[O-])ccc2F)C1.C[C@H]1C[C@@H](CO)[C@](CC(=S)NC(=O)c2ccccc2)(c2ccccc2F)C1.C[C@H]1C[C@@H](CO)[C@](N)(c2ccccc2F)C1.C[C@H]1C[C@H]2COC[C@@]2(c2ccccc2F)C1.C[C@H]1C[C@H]2CSC(N)=N[C@@]2(c2ccccc2F)C1.C[C@H]1C[C@H]2CSC(NC(=O)OC(C)(C)C)=N[C@@]2(c2cc(N)ccc2F)C1. The number of thiocarbonyl (C=S) groups is 1. The molecule has 10 aliphatic rings. The lowest BCUT2D eigenvalue weighted by Gasteiger charge is -2.37. The largest absolute Gasteiger partial charge is 0.444 e. The molecule has 18 atom stereocenters. The molecule has 6 saturated carbocycles. The van der Waals surface area contributed by atoms with Crippen LogP contribution in [0.25, 0.3) is 0 Å². The van der Waals surface area contributed by atoms with Gasteiger partial charge in [0.15, 0.2) is 15.5 Å². The van der Waals surface area contributed by atoms with Gasteiger partial charge in [-0.15, -0.1) is 0 Å². The van der Waals surface area contributed by atoms with Crippen molar-refractivity contribution in [2.24, 2.45) is 97.5 Å². The number of nitro benzene ring substituents is 1. The van der Waals surface area contributed by atoms with Crippen LogP contribution in [-0.4, -0.2) is 109 Å². The maximum Gasteiger partial charge on any atom is 0.413 e. The Labute approximate surface area is 783 Å². The van der Waals surface area contributed by atoms with Crippen LogP contribution in [0.3, 0.4) is 0 Å². The summed E-state index contributed by atoms with van der Waals surface area (Å²) >= 11 is 9.96. The minimum atomic E-state index is -0.925. The fraction of sp³-hybridized carbons (Fsp3) is 0.515. The monoisotopic (exact) mass is 1880 g/mol. The number of nitrogens with two attached hydrogens (primary N) is 3. The number of nitrogens with zero attached hydrogens (tertiary/aromatic N) is 4. The summed E-state index contributed by atoms with van der Waals surface area (Å²) in [6.07, 6.45) is 9.66. The summed E-state index contributed by atoms with van der Waals surface area (Å²) in [5, 5.41) is 40.2. The first-order chi connectivity index (χ1) is 62.0. The van der Waals surface area contributed by atoms with Gasteiger partial charge < -0.3 is 46.9 Å². The van der Waals surface area contributed by atoms with Crippen molar-refractivity contribution in [2.45, 2.75) is 211 Å². The van der Waals surface area contributed by atoms with Crippen LogP contribution in [0.1, 0.15) is 210 Å². The molecule has 0 radical (unpaired) electrons. The number of aliphatic imine (C=N–C) groups is 3. The molecule has 30 heteroatoms. The Morgan fingerprint density at radius 1 is 0.504 bits per heavy atom. The molecule has 11 N–H and O–H groups in total. The number of ether oxygens (including phenoxy) is 3. The van der Waals surface area contributed by atoms with E-state index in [0.717, 1.165) is 106 Å². The number of rotatable bonds is 12. The summed E-state index contributed by atoms with van der Waals surface area (Å²) in [5.74, 6) is 4.27. The van der Waals surface area contributed by atoms with Crippen LogP contribution in [0.5, 0.6) is 0 Å². The standard InChI is InChI=1S/C22H24FNO2S.C19H24FN3O4S.C19H26FN3O2S.C14H17FN2S.C14H17FO.C13H18FNO/c1-15-11-17(14-25)22(12-15,18-9-5-6-10-19(18)23)13-20(27)24-21(26)16-7-3-2-4-8-16;1-11-7-12-10-28-16(21-17(24)27-18(2,3)4)22-19(12,9-11)14-8-13(23(25)26)5-6-15(14)20;1-11-7-12-10-26-16(22-17(24)25-18(2,3)4)23-19(12,9-11)14-8-13(21)5-6-15(14)20;1-9-6-10-8-18-13(16)17-14(10,7-9)11-4-2-3-5-12(11)15;1-10-6-11-8-16-9-14(11,7-10)12-4-2-3-5-13(12)15;1-9-6-10(8-16)13(15,7-9)11-4-2-3-5-12(11)14/h2-10,15,17,25H,11-14H2,1H3,(H,24,26,27);5-6,8,11-12H,7,9-10H2,1-4H3,(H,21,22,24);5-6,8,11-12H,7,9-10,21H2,1-4H3,(H,22,23,24);2-5,9-10H,6-8H2,1H3,(H2,16,17);2-5,10-11H,6-9H2,1H3;2-5,9-10,16H,6-8,15H2,1H3/t15-,17-,22-;11-,12+,19+;11-,12-,19-;9-,10-,14-;10-,11-,14-;9-,10-,13-/m010000/s1. The van der Waals surface area contributed by atoms with Gasteiger partial charge in [0.25, 0.3) is 11.6 Å². The second-order valence-electron chi connectivity index (χ2n) is 39.9. The molecule has 0 aromatic heterocycles. The predicted molar refractivity (Wildman–Crippen MR) is 514 cm³/mol. The maximum atomic E-state index is 14.8. The van der Waals surface area contributed by atoms with Gasteiger partial charge in [0.2, 0.25) is 0 Å². The number of hydrogen-bond donors (Lipinski definition) is 8. The molecule has 0 unspecified atom stereocenters. The number of halogens is 6. The summed E-state index contributed by atoms with van der Waals surface area (Å²) in [6.45, 7) is 25.1. The normalized spacial score (nSPS) is 30.0. The van der Waals surface area contributed by atoms with E-state index in [2.05, 4.69) is 62.5 Å². The minimum Gasteiger partial charge on any atom is -0.444 e. The van der Waals surface area contributed by atoms with Crippen molar-refractivity contribution in [1.82, 2.24) is 16.0 Å². The highest BCUT2D eigenvalue weighted by Gasteiger charge is 2.57. The molecule has 7 aromatic rings. The van der Waals surface area contributed by atoms with Crippen LogP contribution in [0.4, 0.5) is 47.3 Å². The lowest BCUT2D eigenvalue weighted by molar-refractivity contribution is -0.385. The second-order valence-corrected chi connectivity index (χ2v) is 43.5. The lowest BCUT2D eigenvalue weighted by Crippen LogP contribution is -2.42. The van der Waals surface area contributed by atoms with E-state index in [1.807, 2.05) is 36.4 Å². The second kappa shape index (κ2) is 42.4. The van der Waals surface area contributed by atoms with Gasteiger partial charge in [-0.05, 0) is 255 Å². The highest BCUT2D eigenvalue weighted by molar-refractivity contribution is 8.14. The van der Waals surface area contributed by atoms with Crippen molar-refractivity contribution in [3.05, 3.63) is 248 Å². The molecule has 6 aliphatic carbocycles. The summed E-state index contributed by atoms with van der Waals surface area (Å²) in [7, 11) is 0. The Morgan fingerprint density at radius 3 is 1.41 bits per heavy atom. The van der Waals surface area contributed by atoms with E-state index in [1.165, 1.54) is 60.3 Å². The molecular weight excluding hydrogens is 1760 g/mol. The van der Waals surface area contributed by atoms with Crippen molar-refractivity contribution < 1.29 is 70.1 Å². The van der Waals surface area contributed by atoms with Crippen molar-refractivity contribution in [2.75, 3.05) is 49.4 Å². The Kier molecular flexibility index (Phi) is 32.7. The number of nitrogens with one attached hydrogen (secondary N) is 3. The zero-order valence-corrected chi connectivity index (χ0v) is 80.0. The van der Waals surface area contributed by atoms with E-state index in [9.17, 15) is 61.1 Å². The number of aliphatic hydroxyl groups is 2. The number of carbonyl (C=O) groups excluding carboxylic acids is 3. The number of thioether (sulfide) groups is 3. The number of hydrogen-bond acceptors (Lipinski definition) is 20. The number of benzene rings is 7. The number of nitro groups is 1. The molecule has 131 heavy (non-hydrogen) atoms. The van der Waals surface area contributed by atoms with Crippen molar-refractivity contribution >= 4 is 97.5 Å². The van der Waals surface area contributed by atoms with Crippen LogP contribution in [-0.2, 0) is 47.2 Å². The zero-order chi connectivity index (χ0) is 94.9. The Morgan fingerprint density at radius 2 is 0.916 bits per heavy atom. The molecule has 0 spiro atoms. The van der Waals surface area contributed by atoms with Gasteiger partial charge in [0, 0.05) is 105 Å². The van der Waals surface area contributed by atoms with Crippen LogP contribution < -0.4 is 33.2 Å².